The molecule has 2 N–H and O–H groups in total. The Morgan fingerprint density at radius 1 is 1.05 bits per heavy atom. The number of aryl methyl sites for hydroxylation is 1. The van der Waals surface area contributed by atoms with Crippen molar-refractivity contribution in [1.29, 1.82) is 0 Å². The average Bonchev–Trinajstić information content (AvgIpc) is 2.89. The summed E-state index contributed by atoms with van der Waals surface area (Å²) >= 11 is 0. The van der Waals surface area contributed by atoms with Crippen LogP contribution in [0, 0.1) is 6.92 Å². The van der Waals surface area contributed by atoms with Gasteiger partial charge in [-0.2, -0.15) is 0 Å². The SMILES string of the molecule is Cc1cc(-n2ccnc2-c2ccc(N)cc2)ncn1. The van der Waals surface area contributed by atoms with Crippen molar-refractivity contribution < 1.29 is 0 Å². The summed E-state index contributed by atoms with van der Waals surface area (Å²) in [5, 5.41) is 0. The van der Waals surface area contributed by atoms with Gasteiger partial charge in [0, 0.05) is 35.4 Å². The highest BCUT2D eigenvalue weighted by atomic mass is 15.1. The number of nitrogens with two attached hydrogens (primary N) is 1. The molecule has 0 unspecified atom stereocenters. The molecule has 0 fully saturated rings. The minimum Gasteiger partial charge on any atom is -0.399 e. The number of benzene rings is 1. The topological polar surface area (TPSA) is 69.6 Å². The van der Waals surface area contributed by atoms with Gasteiger partial charge in [-0.25, -0.2) is 15.0 Å². The molecule has 2 aromatic heterocycles. The summed E-state index contributed by atoms with van der Waals surface area (Å²) in [6.07, 6.45) is 5.19. The van der Waals surface area contributed by atoms with Crippen LogP contribution in [0.1, 0.15) is 5.69 Å². The summed E-state index contributed by atoms with van der Waals surface area (Å²) in [6, 6.07) is 9.53. The Bertz CT molecular complexity index is 700. The first-order chi connectivity index (χ1) is 9.24. The first-order valence-corrected chi connectivity index (χ1v) is 5.92. The van der Waals surface area contributed by atoms with E-state index in [1.54, 1.807) is 12.5 Å². The van der Waals surface area contributed by atoms with Gasteiger partial charge < -0.3 is 5.73 Å². The Hall–Kier alpha value is -2.69. The molecule has 2 heterocycles. The van der Waals surface area contributed by atoms with Gasteiger partial charge in [-0.3, -0.25) is 4.57 Å². The summed E-state index contributed by atoms with van der Waals surface area (Å²) in [7, 11) is 0. The number of nitrogen functional groups attached to an aromatic ring is 1. The van der Waals surface area contributed by atoms with Gasteiger partial charge in [0.1, 0.15) is 18.0 Å². The first kappa shape index (κ1) is 11.4. The van der Waals surface area contributed by atoms with Crippen LogP contribution in [-0.4, -0.2) is 19.5 Å². The fraction of sp³-hybridized carbons (Fsp3) is 0.0714. The van der Waals surface area contributed by atoms with E-state index in [1.165, 1.54) is 0 Å². The van der Waals surface area contributed by atoms with E-state index in [4.69, 9.17) is 5.73 Å². The standard InChI is InChI=1S/C14H13N5/c1-10-8-13(18-9-17-10)19-7-6-16-14(19)11-2-4-12(15)5-3-11/h2-9H,15H2,1H3. The average molecular weight is 251 g/mol. The van der Waals surface area contributed by atoms with Crippen molar-refractivity contribution in [3.8, 4) is 17.2 Å². The maximum absolute atomic E-state index is 5.70. The smallest absolute Gasteiger partial charge is 0.145 e. The number of anilines is 1. The second-order valence-electron chi connectivity index (χ2n) is 4.26. The van der Waals surface area contributed by atoms with Crippen LogP contribution < -0.4 is 5.73 Å². The molecule has 5 heteroatoms. The lowest BCUT2D eigenvalue weighted by Crippen LogP contribution is -2.00. The van der Waals surface area contributed by atoms with Crippen LogP contribution in [0.25, 0.3) is 17.2 Å². The van der Waals surface area contributed by atoms with Crippen molar-refractivity contribution >= 4 is 5.69 Å². The molecule has 3 aromatic rings. The van der Waals surface area contributed by atoms with Crippen molar-refractivity contribution in [3.05, 3.63) is 54.7 Å². The van der Waals surface area contributed by atoms with Gasteiger partial charge in [-0.15, -0.1) is 0 Å². The lowest BCUT2D eigenvalue weighted by molar-refractivity contribution is 0.963. The molecule has 0 radical (unpaired) electrons. The van der Waals surface area contributed by atoms with E-state index in [9.17, 15) is 0 Å². The number of hydrogen-bond donors (Lipinski definition) is 1. The molecule has 0 saturated heterocycles. The molecule has 0 atom stereocenters. The molecule has 0 aliphatic carbocycles. The molecule has 94 valence electrons. The second kappa shape index (κ2) is 4.53. The van der Waals surface area contributed by atoms with Crippen LogP contribution in [0.4, 0.5) is 5.69 Å². The molecule has 0 amide bonds. The monoisotopic (exact) mass is 251 g/mol. The highest BCUT2D eigenvalue weighted by Crippen LogP contribution is 2.21. The van der Waals surface area contributed by atoms with E-state index in [0.29, 0.717) is 0 Å². The van der Waals surface area contributed by atoms with Gasteiger partial charge in [0.25, 0.3) is 0 Å². The highest BCUT2D eigenvalue weighted by Gasteiger charge is 2.08. The zero-order valence-corrected chi connectivity index (χ0v) is 10.5. The largest absolute Gasteiger partial charge is 0.399 e. The van der Waals surface area contributed by atoms with E-state index in [0.717, 1.165) is 28.6 Å². The first-order valence-electron chi connectivity index (χ1n) is 5.92. The molecule has 5 nitrogen and oxygen atoms in total. The summed E-state index contributed by atoms with van der Waals surface area (Å²) in [5.41, 5.74) is 8.35. The van der Waals surface area contributed by atoms with E-state index >= 15 is 0 Å². The van der Waals surface area contributed by atoms with Crippen LogP contribution in [0.3, 0.4) is 0 Å². The summed E-state index contributed by atoms with van der Waals surface area (Å²) in [6.45, 7) is 1.94. The number of hydrogen-bond acceptors (Lipinski definition) is 4. The van der Waals surface area contributed by atoms with Gasteiger partial charge in [0.05, 0.1) is 0 Å². The number of imidazole rings is 1. The minimum atomic E-state index is 0.736. The Balaban J connectivity index is 2.10. The molecular formula is C14H13N5. The van der Waals surface area contributed by atoms with Crippen molar-refractivity contribution in [2.24, 2.45) is 0 Å². The van der Waals surface area contributed by atoms with Crippen LogP contribution in [0.5, 0.6) is 0 Å². The van der Waals surface area contributed by atoms with Gasteiger partial charge >= 0.3 is 0 Å². The van der Waals surface area contributed by atoms with E-state index in [-0.39, 0.29) is 0 Å². The van der Waals surface area contributed by atoms with Crippen LogP contribution in [0.2, 0.25) is 0 Å². The minimum absolute atomic E-state index is 0.736. The number of rotatable bonds is 2. The van der Waals surface area contributed by atoms with Gasteiger partial charge in [-0.05, 0) is 31.2 Å². The quantitative estimate of drug-likeness (QED) is 0.709. The van der Waals surface area contributed by atoms with Crippen molar-refractivity contribution in [1.82, 2.24) is 19.5 Å². The molecular weight excluding hydrogens is 238 g/mol. The summed E-state index contributed by atoms with van der Waals surface area (Å²) in [5.74, 6) is 1.63. The third-order valence-corrected chi connectivity index (χ3v) is 2.85. The Kier molecular flexibility index (Phi) is 2.72. The van der Waals surface area contributed by atoms with Crippen molar-refractivity contribution in [2.45, 2.75) is 6.92 Å². The van der Waals surface area contributed by atoms with Gasteiger partial charge in [-0.1, -0.05) is 0 Å². The molecule has 0 spiro atoms. The highest BCUT2D eigenvalue weighted by molar-refractivity contribution is 5.60. The molecule has 0 saturated carbocycles. The normalized spacial score (nSPS) is 10.6. The third-order valence-electron chi connectivity index (χ3n) is 2.85. The summed E-state index contributed by atoms with van der Waals surface area (Å²) in [4.78, 5) is 12.8. The van der Waals surface area contributed by atoms with E-state index < -0.39 is 0 Å². The van der Waals surface area contributed by atoms with E-state index in [2.05, 4.69) is 15.0 Å². The maximum Gasteiger partial charge on any atom is 0.145 e. The molecule has 3 rings (SSSR count). The van der Waals surface area contributed by atoms with Gasteiger partial charge in [0.15, 0.2) is 0 Å². The zero-order valence-electron chi connectivity index (χ0n) is 10.5. The van der Waals surface area contributed by atoms with Crippen molar-refractivity contribution in [3.63, 3.8) is 0 Å². The lowest BCUT2D eigenvalue weighted by atomic mass is 10.2. The Morgan fingerprint density at radius 2 is 1.84 bits per heavy atom. The van der Waals surface area contributed by atoms with Crippen molar-refractivity contribution in [2.75, 3.05) is 5.73 Å². The Morgan fingerprint density at radius 3 is 2.58 bits per heavy atom. The predicted molar refractivity (Wildman–Crippen MR) is 73.7 cm³/mol. The molecule has 0 aliphatic rings. The third kappa shape index (κ3) is 2.18. The van der Waals surface area contributed by atoms with Crippen LogP contribution in [0.15, 0.2) is 49.1 Å². The zero-order chi connectivity index (χ0) is 13.2. The predicted octanol–water partition coefficient (Wildman–Crippen LogP) is 2.22. The molecule has 19 heavy (non-hydrogen) atoms. The second-order valence-corrected chi connectivity index (χ2v) is 4.26. The number of aromatic nitrogens is 4. The van der Waals surface area contributed by atoms with Crippen LogP contribution >= 0.6 is 0 Å². The van der Waals surface area contributed by atoms with E-state index in [1.807, 2.05) is 48.0 Å². The summed E-state index contributed by atoms with van der Waals surface area (Å²) < 4.78 is 1.93. The maximum atomic E-state index is 5.70. The van der Waals surface area contributed by atoms with Crippen LogP contribution in [-0.2, 0) is 0 Å². The molecule has 0 aliphatic heterocycles. The Labute approximate surface area is 110 Å². The fourth-order valence-electron chi connectivity index (χ4n) is 1.91. The lowest BCUT2D eigenvalue weighted by Gasteiger charge is -2.07. The number of nitrogens with zero attached hydrogens (tertiary/aromatic N) is 4. The fourth-order valence-corrected chi connectivity index (χ4v) is 1.91. The molecule has 1 aromatic carbocycles. The molecule has 0 bridgehead atoms. The van der Waals surface area contributed by atoms with Gasteiger partial charge in [0.2, 0.25) is 0 Å².